The number of aliphatic hydroxyl groups is 1. The fourth-order valence-electron chi connectivity index (χ4n) is 3.85. The first-order valence-corrected chi connectivity index (χ1v) is 9.99. The van der Waals surface area contributed by atoms with Gasteiger partial charge in [-0.3, -0.25) is 10.1 Å². The quantitative estimate of drug-likeness (QED) is 0.723. The molecule has 2 fully saturated rings. The molecule has 7 nitrogen and oxygen atoms in total. The Kier molecular flexibility index (Phi) is 5.31. The van der Waals surface area contributed by atoms with Crippen LogP contribution in [0.25, 0.3) is 5.82 Å². The van der Waals surface area contributed by atoms with Crippen LogP contribution in [0.4, 0.5) is 13.2 Å². The predicted molar refractivity (Wildman–Crippen MR) is 101 cm³/mol. The molecule has 0 radical (unpaired) electrons. The summed E-state index contributed by atoms with van der Waals surface area (Å²) in [5, 5.41) is 16.7. The van der Waals surface area contributed by atoms with Crippen LogP contribution >= 0.6 is 0 Å². The number of likely N-dealkylation sites (tertiary alicyclic amines) is 1. The Morgan fingerprint density at radius 3 is 2.43 bits per heavy atom. The van der Waals surface area contributed by atoms with E-state index in [0.717, 1.165) is 36.7 Å². The van der Waals surface area contributed by atoms with Crippen molar-refractivity contribution in [1.82, 2.24) is 25.0 Å². The number of alkyl halides is 3. The van der Waals surface area contributed by atoms with Crippen LogP contribution < -0.4 is 5.32 Å². The lowest BCUT2D eigenvalue weighted by Gasteiger charge is -2.34. The first-order chi connectivity index (χ1) is 14.2. The van der Waals surface area contributed by atoms with Crippen LogP contribution in [-0.4, -0.2) is 49.8 Å². The second-order valence-electron chi connectivity index (χ2n) is 8.21. The maximum atomic E-state index is 12.7. The number of piperidine rings is 1. The van der Waals surface area contributed by atoms with Gasteiger partial charge in [-0.25, -0.2) is 9.67 Å². The van der Waals surface area contributed by atoms with E-state index in [1.54, 1.807) is 6.92 Å². The van der Waals surface area contributed by atoms with Crippen LogP contribution in [-0.2, 0) is 11.0 Å². The summed E-state index contributed by atoms with van der Waals surface area (Å²) in [5.41, 5.74) is -0.125. The van der Waals surface area contributed by atoms with Crippen LogP contribution in [0.3, 0.4) is 0 Å². The highest BCUT2D eigenvalue weighted by Gasteiger charge is 2.45. The molecule has 2 aliphatic rings. The molecule has 2 aromatic heterocycles. The van der Waals surface area contributed by atoms with E-state index in [4.69, 9.17) is 0 Å². The molecular formula is C20H24F3N5O2. The molecule has 1 spiro atoms. The van der Waals surface area contributed by atoms with E-state index in [9.17, 15) is 23.1 Å². The smallest absolute Gasteiger partial charge is 0.374 e. The second kappa shape index (κ2) is 7.66. The van der Waals surface area contributed by atoms with Crippen LogP contribution in [0.2, 0.25) is 0 Å². The Morgan fingerprint density at radius 1 is 1.20 bits per heavy atom. The first kappa shape index (κ1) is 20.8. The third-order valence-corrected chi connectivity index (χ3v) is 6.07. The highest BCUT2D eigenvalue weighted by Crippen LogP contribution is 2.53. The lowest BCUT2D eigenvalue weighted by Crippen LogP contribution is -2.49. The minimum atomic E-state index is -4.53. The number of amides is 1. The zero-order valence-electron chi connectivity index (χ0n) is 16.6. The van der Waals surface area contributed by atoms with Crippen molar-refractivity contribution in [2.24, 2.45) is 5.41 Å². The molecule has 2 atom stereocenters. The number of hydrogen-bond acceptors (Lipinski definition) is 5. The first-order valence-electron chi connectivity index (χ1n) is 9.99. The monoisotopic (exact) mass is 423 g/mol. The van der Waals surface area contributed by atoms with Gasteiger partial charge in [0.05, 0.1) is 6.04 Å². The molecule has 1 saturated carbocycles. The van der Waals surface area contributed by atoms with Crippen molar-refractivity contribution >= 4 is 5.91 Å². The predicted octanol–water partition coefficient (Wildman–Crippen LogP) is 2.66. The van der Waals surface area contributed by atoms with Gasteiger partial charge in [-0.15, -0.1) is 0 Å². The number of aliphatic hydroxyl groups excluding tert-OH is 1. The molecule has 1 saturated heterocycles. The van der Waals surface area contributed by atoms with Gasteiger partial charge in [0.25, 0.3) is 0 Å². The van der Waals surface area contributed by atoms with Crippen molar-refractivity contribution in [3.05, 3.63) is 41.9 Å². The number of hydrogen-bond donors (Lipinski definition) is 2. The number of carbonyl (C=O) groups excluding carboxylic acids is 1. The van der Waals surface area contributed by atoms with Crippen LogP contribution in [0.5, 0.6) is 0 Å². The number of aromatic nitrogens is 3. The van der Waals surface area contributed by atoms with E-state index in [2.05, 4.69) is 15.4 Å². The average Bonchev–Trinajstić information content (AvgIpc) is 3.27. The summed E-state index contributed by atoms with van der Waals surface area (Å²) in [5.74, 6) is 0.137. The molecule has 2 unspecified atom stereocenters. The van der Waals surface area contributed by atoms with Crippen molar-refractivity contribution < 1.29 is 23.1 Å². The highest BCUT2D eigenvalue weighted by atomic mass is 19.4. The van der Waals surface area contributed by atoms with Crippen LogP contribution in [0, 0.1) is 5.41 Å². The van der Waals surface area contributed by atoms with E-state index in [1.807, 2.05) is 4.90 Å². The Labute approximate surface area is 171 Å². The number of carbonyl (C=O) groups is 1. The molecule has 1 amide bonds. The van der Waals surface area contributed by atoms with Crippen molar-refractivity contribution in [2.45, 2.75) is 51.1 Å². The number of nitrogens with one attached hydrogen (secondary N) is 1. The van der Waals surface area contributed by atoms with E-state index >= 15 is 0 Å². The standard InChI is InChI=1S/C20H24F3N5O2/c1-13(18(30)27-10-7-19(5-6-19)8-11-27)25-17(29)14-2-3-16(24-12-14)28-9-4-15(26-28)20(21,22)23/h2-4,9,12-13,17,25,29H,5-8,10-11H2,1H3. The molecule has 0 aromatic carbocycles. The maximum Gasteiger partial charge on any atom is 0.435 e. The molecule has 2 N–H and O–H groups in total. The van der Waals surface area contributed by atoms with Gasteiger partial charge in [0.15, 0.2) is 11.5 Å². The molecule has 0 bridgehead atoms. The van der Waals surface area contributed by atoms with Gasteiger partial charge in [-0.1, -0.05) is 0 Å². The van der Waals surface area contributed by atoms with Crippen LogP contribution in [0.1, 0.15) is 50.1 Å². The van der Waals surface area contributed by atoms with E-state index in [0.29, 0.717) is 11.0 Å². The molecule has 1 aliphatic heterocycles. The number of nitrogens with zero attached hydrogens (tertiary/aromatic N) is 4. The summed E-state index contributed by atoms with van der Waals surface area (Å²) in [7, 11) is 0. The van der Waals surface area contributed by atoms with Gasteiger partial charge in [0.1, 0.15) is 6.23 Å². The van der Waals surface area contributed by atoms with Gasteiger partial charge in [0, 0.05) is 31.0 Å². The minimum Gasteiger partial charge on any atom is -0.374 e. The lowest BCUT2D eigenvalue weighted by atomic mass is 9.93. The number of rotatable bonds is 5. The SMILES string of the molecule is CC(NC(O)c1ccc(-n2ccc(C(F)(F)F)n2)nc1)C(=O)N1CCC2(CC1)CC2. The summed E-state index contributed by atoms with van der Waals surface area (Å²) in [6.45, 7) is 3.21. The maximum absolute atomic E-state index is 12.7. The van der Waals surface area contributed by atoms with Crippen LogP contribution in [0.15, 0.2) is 30.6 Å². The molecule has 30 heavy (non-hydrogen) atoms. The van der Waals surface area contributed by atoms with Crippen molar-refractivity contribution in [3.63, 3.8) is 0 Å². The fourth-order valence-corrected chi connectivity index (χ4v) is 3.85. The lowest BCUT2D eigenvalue weighted by molar-refractivity contribution is -0.141. The number of halogens is 3. The van der Waals surface area contributed by atoms with Crippen molar-refractivity contribution in [3.8, 4) is 5.82 Å². The summed E-state index contributed by atoms with van der Waals surface area (Å²) < 4.78 is 39.1. The summed E-state index contributed by atoms with van der Waals surface area (Å²) in [4.78, 5) is 18.6. The Bertz CT molecular complexity index is 898. The molecule has 162 valence electrons. The summed E-state index contributed by atoms with van der Waals surface area (Å²) in [6.07, 6.45) is 1.48. The molecule has 1 aliphatic carbocycles. The van der Waals surface area contributed by atoms with Gasteiger partial charge in [-0.2, -0.15) is 18.3 Å². The molecule has 10 heteroatoms. The molecule has 4 rings (SSSR count). The normalized spacial score (nSPS) is 20.2. The molecule has 2 aromatic rings. The topological polar surface area (TPSA) is 83.3 Å². The zero-order chi connectivity index (χ0) is 21.5. The second-order valence-corrected chi connectivity index (χ2v) is 8.21. The molecule has 3 heterocycles. The summed E-state index contributed by atoms with van der Waals surface area (Å²) >= 11 is 0. The van der Waals surface area contributed by atoms with Crippen molar-refractivity contribution in [1.29, 1.82) is 0 Å². The zero-order valence-corrected chi connectivity index (χ0v) is 16.6. The van der Waals surface area contributed by atoms with Crippen molar-refractivity contribution in [2.75, 3.05) is 13.1 Å². The third kappa shape index (κ3) is 4.34. The molecular weight excluding hydrogens is 399 g/mol. The Morgan fingerprint density at radius 2 is 1.90 bits per heavy atom. The minimum absolute atomic E-state index is 0.0506. The Hall–Kier alpha value is -2.46. The summed E-state index contributed by atoms with van der Waals surface area (Å²) in [6, 6.07) is 3.28. The largest absolute Gasteiger partial charge is 0.435 e. The van der Waals surface area contributed by atoms with Gasteiger partial charge in [-0.05, 0) is 56.2 Å². The van der Waals surface area contributed by atoms with Gasteiger partial charge < -0.3 is 10.0 Å². The van der Waals surface area contributed by atoms with E-state index in [-0.39, 0.29) is 11.7 Å². The highest BCUT2D eigenvalue weighted by molar-refractivity contribution is 5.81. The van der Waals surface area contributed by atoms with E-state index in [1.165, 1.54) is 37.4 Å². The fraction of sp³-hybridized carbons (Fsp3) is 0.550. The third-order valence-electron chi connectivity index (χ3n) is 6.07. The van der Waals surface area contributed by atoms with Gasteiger partial charge >= 0.3 is 6.18 Å². The van der Waals surface area contributed by atoms with E-state index < -0.39 is 24.1 Å². The Balaban J connectivity index is 1.34. The number of pyridine rings is 1. The average molecular weight is 423 g/mol. The van der Waals surface area contributed by atoms with Gasteiger partial charge in [0.2, 0.25) is 5.91 Å².